The van der Waals surface area contributed by atoms with Gasteiger partial charge in [-0.1, -0.05) is 24.3 Å². The molecule has 7 nitrogen and oxygen atoms in total. The summed E-state index contributed by atoms with van der Waals surface area (Å²) in [4.78, 5) is 12.5. The Kier molecular flexibility index (Phi) is 4.84. The maximum Gasteiger partial charge on any atom is 0.224 e. The van der Waals surface area contributed by atoms with E-state index < -0.39 is 0 Å². The van der Waals surface area contributed by atoms with Crippen LogP contribution < -0.4 is 5.32 Å². The molecule has 27 heavy (non-hydrogen) atoms. The molecule has 1 amide bonds. The van der Waals surface area contributed by atoms with Crippen LogP contribution in [-0.4, -0.2) is 38.8 Å². The zero-order valence-electron chi connectivity index (χ0n) is 15.1. The molecule has 0 spiro atoms. The lowest BCUT2D eigenvalue weighted by Crippen LogP contribution is -2.25. The molecule has 0 aliphatic rings. The lowest BCUT2D eigenvalue weighted by molar-refractivity contribution is -0.120. The van der Waals surface area contributed by atoms with Gasteiger partial charge in [0.15, 0.2) is 11.5 Å². The van der Waals surface area contributed by atoms with Gasteiger partial charge in [-0.25, -0.2) is 0 Å². The molecule has 0 radical (unpaired) electrons. The van der Waals surface area contributed by atoms with E-state index in [2.05, 4.69) is 26.1 Å². The molecule has 0 bridgehead atoms. The molecule has 4 rings (SSSR count). The number of para-hydroxylation sites is 1. The van der Waals surface area contributed by atoms with E-state index in [1.165, 1.54) is 0 Å². The van der Waals surface area contributed by atoms with E-state index in [1.807, 2.05) is 53.2 Å². The zero-order valence-corrected chi connectivity index (χ0v) is 15.1. The Labute approximate surface area is 156 Å². The number of rotatable bonds is 7. The van der Waals surface area contributed by atoms with Crippen molar-refractivity contribution < 1.29 is 9.53 Å². The van der Waals surface area contributed by atoms with E-state index >= 15 is 0 Å². The van der Waals surface area contributed by atoms with Crippen LogP contribution in [0.3, 0.4) is 0 Å². The van der Waals surface area contributed by atoms with Crippen LogP contribution in [0.4, 0.5) is 0 Å². The van der Waals surface area contributed by atoms with Crippen molar-refractivity contribution in [1.29, 1.82) is 0 Å². The highest BCUT2D eigenvalue weighted by atomic mass is 16.5. The molecule has 7 heteroatoms. The quantitative estimate of drug-likeness (QED) is 0.546. The summed E-state index contributed by atoms with van der Waals surface area (Å²) in [5, 5.41) is 12.3. The third-order valence-electron chi connectivity index (χ3n) is 4.59. The van der Waals surface area contributed by atoms with E-state index in [-0.39, 0.29) is 5.91 Å². The molecule has 3 aromatic heterocycles. The van der Waals surface area contributed by atoms with Crippen LogP contribution in [0, 0.1) is 0 Å². The molecule has 0 aliphatic heterocycles. The number of methoxy groups -OCH3 is 1. The summed E-state index contributed by atoms with van der Waals surface area (Å²) < 4.78 is 9.19. The van der Waals surface area contributed by atoms with Gasteiger partial charge in [0.25, 0.3) is 0 Å². The van der Waals surface area contributed by atoms with Crippen LogP contribution in [0.5, 0.6) is 0 Å². The molecule has 0 saturated carbocycles. The molecule has 4 aromatic rings. The highest BCUT2D eigenvalue weighted by Crippen LogP contribution is 2.21. The van der Waals surface area contributed by atoms with Gasteiger partial charge in [-0.15, -0.1) is 10.2 Å². The van der Waals surface area contributed by atoms with Gasteiger partial charge in [-0.3, -0.25) is 9.20 Å². The minimum absolute atomic E-state index is 0.0441. The van der Waals surface area contributed by atoms with Crippen molar-refractivity contribution in [3.63, 3.8) is 0 Å². The highest BCUT2D eigenvalue weighted by molar-refractivity contribution is 5.89. The van der Waals surface area contributed by atoms with Crippen molar-refractivity contribution in [3.05, 3.63) is 66.2 Å². The smallest absolute Gasteiger partial charge is 0.224 e. The Morgan fingerprint density at radius 3 is 2.89 bits per heavy atom. The van der Waals surface area contributed by atoms with Crippen LogP contribution in [0.25, 0.3) is 16.6 Å². The Bertz CT molecular complexity index is 1080. The van der Waals surface area contributed by atoms with Crippen LogP contribution in [0.2, 0.25) is 0 Å². The maximum absolute atomic E-state index is 12.5. The molecule has 0 saturated heterocycles. The number of hydrogen-bond donors (Lipinski definition) is 1. The second-order valence-corrected chi connectivity index (χ2v) is 6.36. The van der Waals surface area contributed by atoms with Gasteiger partial charge in [-0.05, 0) is 23.8 Å². The van der Waals surface area contributed by atoms with Crippen LogP contribution in [-0.2, 0) is 29.0 Å². The van der Waals surface area contributed by atoms with Gasteiger partial charge in [0, 0.05) is 37.0 Å². The lowest BCUT2D eigenvalue weighted by Gasteiger charge is -2.04. The maximum atomic E-state index is 12.5. The number of nitrogens with one attached hydrogen (secondary N) is 1. The summed E-state index contributed by atoms with van der Waals surface area (Å²) in [5.74, 6) is 0.666. The van der Waals surface area contributed by atoms with Crippen molar-refractivity contribution in [2.24, 2.45) is 0 Å². The number of nitrogens with zero attached hydrogens (tertiary/aromatic N) is 4. The molecule has 1 N–H and O–H groups in total. The fourth-order valence-corrected chi connectivity index (χ4v) is 3.26. The predicted molar refractivity (Wildman–Crippen MR) is 102 cm³/mol. The minimum atomic E-state index is -0.0441. The Balaban J connectivity index is 1.48. The van der Waals surface area contributed by atoms with Crippen molar-refractivity contribution in [2.45, 2.75) is 19.5 Å². The predicted octanol–water partition coefficient (Wildman–Crippen LogP) is 2.19. The number of hydrogen-bond acceptors (Lipinski definition) is 4. The van der Waals surface area contributed by atoms with Crippen molar-refractivity contribution in [2.75, 3.05) is 13.7 Å². The largest absolute Gasteiger partial charge is 0.383 e. The van der Waals surface area contributed by atoms with Crippen LogP contribution in [0.15, 0.2) is 54.9 Å². The number of fused-ring (bicyclic) bond motifs is 2. The average Bonchev–Trinajstić information content (AvgIpc) is 3.27. The lowest BCUT2D eigenvalue weighted by atomic mass is 10.1. The average molecular weight is 363 g/mol. The van der Waals surface area contributed by atoms with Crippen molar-refractivity contribution in [3.8, 4) is 0 Å². The standard InChI is InChI=1S/C20H21N5O2/c1-27-11-10-24-14-15(16-6-2-3-7-17(16)24)12-20(26)21-13-19-23-22-18-8-4-5-9-25(18)19/h2-9,14H,10-13H2,1H3,(H,21,26). The number of benzene rings is 1. The molecule has 0 fully saturated rings. The number of ether oxygens (including phenoxy) is 1. The van der Waals surface area contributed by atoms with Gasteiger partial charge in [-0.2, -0.15) is 0 Å². The molecule has 3 heterocycles. The Morgan fingerprint density at radius 1 is 1.15 bits per heavy atom. The van der Waals surface area contributed by atoms with E-state index in [4.69, 9.17) is 4.74 Å². The molecule has 138 valence electrons. The van der Waals surface area contributed by atoms with E-state index in [0.29, 0.717) is 25.4 Å². The first-order valence-electron chi connectivity index (χ1n) is 8.87. The first-order valence-corrected chi connectivity index (χ1v) is 8.87. The van der Waals surface area contributed by atoms with E-state index in [1.54, 1.807) is 7.11 Å². The molecule has 1 aromatic carbocycles. The van der Waals surface area contributed by atoms with Gasteiger partial charge < -0.3 is 14.6 Å². The second kappa shape index (κ2) is 7.59. The summed E-state index contributed by atoms with van der Waals surface area (Å²) in [5.41, 5.74) is 2.88. The Hall–Kier alpha value is -3.19. The molecule has 0 unspecified atom stereocenters. The molecule has 0 atom stereocenters. The first kappa shape index (κ1) is 17.2. The fraction of sp³-hybridized carbons (Fsp3) is 0.250. The minimum Gasteiger partial charge on any atom is -0.383 e. The van der Waals surface area contributed by atoms with Gasteiger partial charge in [0.1, 0.15) is 0 Å². The van der Waals surface area contributed by atoms with Crippen molar-refractivity contribution >= 4 is 22.5 Å². The molecular formula is C20H21N5O2. The molecular weight excluding hydrogens is 342 g/mol. The Morgan fingerprint density at radius 2 is 2.00 bits per heavy atom. The number of aromatic nitrogens is 4. The third-order valence-corrected chi connectivity index (χ3v) is 4.59. The van der Waals surface area contributed by atoms with E-state index in [9.17, 15) is 4.79 Å². The summed E-state index contributed by atoms with van der Waals surface area (Å²) in [6.07, 6.45) is 4.24. The number of pyridine rings is 1. The monoisotopic (exact) mass is 363 g/mol. The van der Waals surface area contributed by atoms with Gasteiger partial charge in [0.2, 0.25) is 5.91 Å². The van der Waals surface area contributed by atoms with Crippen molar-refractivity contribution in [1.82, 2.24) is 24.5 Å². The molecule has 0 aliphatic carbocycles. The summed E-state index contributed by atoms with van der Waals surface area (Å²) in [6, 6.07) is 13.8. The third kappa shape index (κ3) is 3.54. The van der Waals surface area contributed by atoms with Crippen LogP contribution in [0.1, 0.15) is 11.4 Å². The topological polar surface area (TPSA) is 73.4 Å². The summed E-state index contributed by atoms with van der Waals surface area (Å²) in [6.45, 7) is 1.72. The van der Waals surface area contributed by atoms with E-state index in [0.717, 1.165) is 28.7 Å². The fourth-order valence-electron chi connectivity index (χ4n) is 3.26. The highest BCUT2D eigenvalue weighted by Gasteiger charge is 2.13. The second-order valence-electron chi connectivity index (χ2n) is 6.36. The number of amides is 1. The first-order chi connectivity index (χ1) is 13.3. The number of carbonyl (C=O) groups excluding carboxylic acids is 1. The normalized spacial score (nSPS) is 11.3. The van der Waals surface area contributed by atoms with Crippen LogP contribution >= 0.6 is 0 Å². The zero-order chi connectivity index (χ0) is 18.6. The summed E-state index contributed by atoms with van der Waals surface area (Å²) >= 11 is 0. The summed E-state index contributed by atoms with van der Waals surface area (Å²) in [7, 11) is 1.69. The van der Waals surface area contributed by atoms with Gasteiger partial charge >= 0.3 is 0 Å². The number of carbonyl (C=O) groups is 1. The SMILES string of the molecule is COCCn1cc(CC(=O)NCc2nnc3ccccn23)c2ccccc21. The van der Waals surface area contributed by atoms with Gasteiger partial charge in [0.05, 0.1) is 19.6 Å².